The van der Waals surface area contributed by atoms with Gasteiger partial charge in [-0.05, 0) is 55.6 Å². The largest absolute Gasteiger partial charge is 0.481 e. The van der Waals surface area contributed by atoms with Crippen LogP contribution < -0.4 is 25.2 Å². The van der Waals surface area contributed by atoms with E-state index in [-0.39, 0.29) is 0 Å². The second-order valence-corrected chi connectivity index (χ2v) is 7.86. The highest BCUT2D eigenvalue weighted by Gasteiger charge is 2.16. The van der Waals surface area contributed by atoms with Crippen LogP contribution in [-0.4, -0.2) is 48.4 Å². The number of benzene rings is 1. The Morgan fingerprint density at radius 1 is 1.00 bits per heavy atom. The van der Waals surface area contributed by atoms with Gasteiger partial charge in [0, 0.05) is 44.5 Å². The van der Waals surface area contributed by atoms with Crippen molar-refractivity contribution >= 4 is 34.8 Å². The molecule has 4 rings (SSSR count). The molecule has 0 amide bonds. The second kappa shape index (κ2) is 9.26. The number of hydrogen-bond donors (Lipinski definition) is 2. The summed E-state index contributed by atoms with van der Waals surface area (Å²) in [7, 11) is 1.61. The number of nitrogens with zero attached hydrogens (tertiary/aromatic N) is 4. The average Bonchev–Trinajstić information content (AvgIpc) is 3.46. The number of thiocarbonyl (C=S) groups is 1. The van der Waals surface area contributed by atoms with E-state index in [9.17, 15) is 0 Å². The van der Waals surface area contributed by atoms with Gasteiger partial charge >= 0.3 is 0 Å². The lowest BCUT2D eigenvalue weighted by molar-refractivity contribution is 0.397. The van der Waals surface area contributed by atoms with E-state index in [1.54, 1.807) is 7.11 Å². The van der Waals surface area contributed by atoms with Gasteiger partial charge in [0.2, 0.25) is 11.8 Å². The average molecular weight is 413 g/mol. The molecule has 2 fully saturated rings. The Balaban J connectivity index is 1.33. The predicted octanol–water partition coefficient (Wildman–Crippen LogP) is 3.17. The van der Waals surface area contributed by atoms with E-state index in [1.165, 1.54) is 36.9 Å². The molecule has 8 heteroatoms. The molecule has 2 saturated heterocycles. The molecule has 7 nitrogen and oxygen atoms in total. The van der Waals surface area contributed by atoms with Crippen LogP contribution in [-0.2, 0) is 6.54 Å². The second-order valence-electron chi connectivity index (χ2n) is 7.45. The van der Waals surface area contributed by atoms with Crippen LogP contribution in [0.25, 0.3) is 0 Å². The minimum atomic E-state index is 0.452. The lowest BCUT2D eigenvalue weighted by Gasteiger charge is -2.18. The molecule has 0 radical (unpaired) electrons. The number of aromatic nitrogens is 2. The van der Waals surface area contributed by atoms with Crippen LogP contribution in [0.1, 0.15) is 31.2 Å². The Hall–Kier alpha value is -2.61. The van der Waals surface area contributed by atoms with Gasteiger partial charge in [0.1, 0.15) is 5.82 Å². The summed E-state index contributed by atoms with van der Waals surface area (Å²) in [5, 5.41) is 6.82. The predicted molar refractivity (Wildman–Crippen MR) is 121 cm³/mol. The summed E-state index contributed by atoms with van der Waals surface area (Å²) in [6.07, 6.45) is 4.95. The molecule has 2 aliphatic heterocycles. The summed E-state index contributed by atoms with van der Waals surface area (Å²) in [6, 6.07) is 10.5. The summed E-state index contributed by atoms with van der Waals surface area (Å²) < 4.78 is 5.33. The quantitative estimate of drug-likeness (QED) is 0.702. The molecule has 2 aliphatic rings. The zero-order valence-corrected chi connectivity index (χ0v) is 17.7. The molecule has 29 heavy (non-hydrogen) atoms. The van der Waals surface area contributed by atoms with E-state index in [2.05, 4.69) is 54.7 Å². The minimum absolute atomic E-state index is 0.452. The molecular formula is C21H28N6OS. The third-order valence-corrected chi connectivity index (χ3v) is 5.66. The first-order chi connectivity index (χ1) is 14.2. The fourth-order valence-electron chi connectivity index (χ4n) is 3.81. The summed E-state index contributed by atoms with van der Waals surface area (Å²) >= 11 is 5.44. The van der Waals surface area contributed by atoms with Gasteiger partial charge in [0.05, 0.1) is 7.11 Å². The van der Waals surface area contributed by atoms with Crippen molar-refractivity contribution in [3.63, 3.8) is 0 Å². The van der Waals surface area contributed by atoms with Gasteiger partial charge in [-0.3, -0.25) is 0 Å². The Bertz CT molecular complexity index is 832. The van der Waals surface area contributed by atoms with Gasteiger partial charge in [-0.25, -0.2) is 0 Å². The van der Waals surface area contributed by atoms with Crippen molar-refractivity contribution in [2.75, 3.05) is 48.4 Å². The molecule has 154 valence electrons. The first-order valence-electron chi connectivity index (χ1n) is 10.3. The fraction of sp³-hybridized carbons (Fsp3) is 0.476. The lowest BCUT2D eigenvalue weighted by atomic mass is 10.2. The Labute approximate surface area is 177 Å². The number of anilines is 3. The molecule has 1 aromatic carbocycles. The van der Waals surface area contributed by atoms with Crippen LogP contribution in [0, 0.1) is 0 Å². The van der Waals surface area contributed by atoms with E-state index >= 15 is 0 Å². The maximum atomic E-state index is 5.44. The Kier molecular flexibility index (Phi) is 6.29. The zero-order chi connectivity index (χ0) is 20.1. The SMILES string of the molecule is COc1cc(N2CCCC2)nc(NC(=S)NCc2ccc(N3CCCC3)cc2)n1. The number of ether oxygens (including phenoxy) is 1. The van der Waals surface area contributed by atoms with E-state index in [0.29, 0.717) is 23.5 Å². The van der Waals surface area contributed by atoms with Crippen molar-refractivity contribution in [3.05, 3.63) is 35.9 Å². The Morgan fingerprint density at radius 3 is 2.31 bits per heavy atom. The zero-order valence-electron chi connectivity index (χ0n) is 16.9. The first-order valence-corrected chi connectivity index (χ1v) is 10.7. The molecule has 0 spiro atoms. The summed E-state index contributed by atoms with van der Waals surface area (Å²) in [4.78, 5) is 13.7. The molecule has 2 N–H and O–H groups in total. The fourth-order valence-corrected chi connectivity index (χ4v) is 3.97. The van der Waals surface area contributed by atoms with Gasteiger partial charge in [0.15, 0.2) is 5.11 Å². The van der Waals surface area contributed by atoms with Crippen molar-refractivity contribution in [2.45, 2.75) is 32.2 Å². The van der Waals surface area contributed by atoms with Crippen molar-refractivity contribution in [1.29, 1.82) is 0 Å². The van der Waals surface area contributed by atoms with Gasteiger partial charge in [0.25, 0.3) is 0 Å². The number of hydrogen-bond acceptors (Lipinski definition) is 6. The molecular weight excluding hydrogens is 384 g/mol. The molecule has 2 aromatic rings. The third kappa shape index (κ3) is 5.06. The van der Waals surface area contributed by atoms with Crippen LogP contribution in [0.3, 0.4) is 0 Å². The number of methoxy groups -OCH3 is 1. The first kappa shape index (κ1) is 19.7. The molecule has 0 saturated carbocycles. The number of nitrogens with one attached hydrogen (secondary N) is 2. The highest BCUT2D eigenvalue weighted by Crippen LogP contribution is 2.23. The normalized spacial score (nSPS) is 16.2. The van der Waals surface area contributed by atoms with Gasteiger partial charge < -0.3 is 25.2 Å². The van der Waals surface area contributed by atoms with Crippen molar-refractivity contribution < 1.29 is 4.74 Å². The van der Waals surface area contributed by atoms with Crippen LogP contribution in [0.4, 0.5) is 17.5 Å². The smallest absolute Gasteiger partial charge is 0.234 e. The van der Waals surface area contributed by atoms with Crippen LogP contribution in [0.15, 0.2) is 30.3 Å². The van der Waals surface area contributed by atoms with Gasteiger partial charge in [-0.2, -0.15) is 9.97 Å². The van der Waals surface area contributed by atoms with Crippen LogP contribution in [0.2, 0.25) is 0 Å². The summed E-state index contributed by atoms with van der Waals surface area (Å²) in [6.45, 7) is 4.98. The van der Waals surface area contributed by atoms with E-state index in [4.69, 9.17) is 17.0 Å². The summed E-state index contributed by atoms with van der Waals surface area (Å²) in [5.74, 6) is 1.86. The maximum Gasteiger partial charge on any atom is 0.234 e. The Morgan fingerprint density at radius 2 is 1.66 bits per heavy atom. The van der Waals surface area contributed by atoms with E-state index < -0.39 is 0 Å². The van der Waals surface area contributed by atoms with Crippen molar-refractivity contribution in [1.82, 2.24) is 15.3 Å². The monoisotopic (exact) mass is 412 g/mol. The highest BCUT2D eigenvalue weighted by atomic mass is 32.1. The molecule has 0 bridgehead atoms. The van der Waals surface area contributed by atoms with Crippen LogP contribution >= 0.6 is 12.2 Å². The third-order valence-electron chi connectivity index (χ3n) is 5.41. The van der Waals surface area contributed by atoms with E-state index in [1.807, 2.05) is 6.07 Å². The summed E-state index contributed by atoms with van der Waals surface area (Å²) in [5.41, 5.74) is 2.48. The van der Waals surface area contributed by atoms with Crippen LogP contribution in [0.5, 0.6) is 5.88 Å². The van der Waals surface area contributed by atoms with Gasteiger partial charge in [-0.15, -0.1) is 0 Å². The molecule has 3 heterocycles. The molecule has 0 aliphatic carbocycles. The van der Waals surface area contributed by atoms with E-state index in [0.717, 1.165) is 32.0 Å². The maximum absolute atomic E-state index is 5.44. The number of rotatable bonds is 6. The lowest BCUT2D eigenvalue weighted by Crippen LogP contribution is -2.29. The van der Waals surface area contributed by atoms with Gasteiger partial charge in [-0.1, -0.05) is 12.1 Å². The van der Waals surface area contributed by atoms with Crippen molar-refractivity contribution in [2.24, 2.45) is 0 Å². The van der Waals surface area contributed by atoms with Crippen molar-refractivity contribution in [3.8, 4) is 5.88 Å². The molecule has 0 atom stereocenters. The standard InChI is InChI=1S/C21H28N6OS/c1-28-19-14-18(27-12-4-5-13-27)23-20(24-19)25-21(29)22-15-16-6-8-17(9-7-16)26-10-2-3-11-26/h6-9,14H,2-5,10-13,15H2,1H3,(H2,22,23,24,25,29). The molecule has 1 aromatic heterocycles. The molecule has 0 unspecified atom stereocenters. The topological polar surface area (TPSA) is 65.6 Å². The highest BCUT2D eigenvalue weighted by molar-refractivity contribution is 7.80. The minimum Gasteiger partial charge on any atom is -0.481 e.